The van der Waals surface area contributed by atoms with Gasteiger partial charge in [0.05, 0.1) is 13.2 Å². The van der Waals surface area contributed by atoms with Crippen molar-refractivity contribution in [1.82, 2.24) is 5.32 Å². The highest BCUT2D eigenvalue weighted by Crippen LogP contribution is 2.16. The van der Waals surface area contributed by atoms with Crippen molar-refractivity contribution < 1.29 is 9.53 Å². The summed E-state index contributed by atoms with van der Waals surface area (Å²) in [5.74, 6) is 0.649. The Labute approximate surface area is 135 Å². The molecule has 0 aliphatic rings. The van der Waals surface area contributed by atoms with E-state index in [1.54, 1.807) is 13.2 Å². The van der Waals surface area contributed by atoms with E-state index in [1.165, 1.54) is 6.08 Å². The number of hydrogen-bond donors (Lipinski definition) is 1. The molecule has 0 bridgehead atoms. The Hall–Kier alpha value is -2.26. The van der Waals surface area contributed by atoms with Gasteiger partial charge in [0.1, 0.15) is 5.75 Å². The van der Waals surface area contributed by atoms with Gasteiger partial charge in [0, 0.05) is 11.1 Å². The van der Waals surface area contributed by atoms with Crippen LogP contribution in [0, 0.1) is 0 Å². The van der Waals surface area contributed by atoms with Crippen LogP contribution in [-0.4, -0.2) is 13.0 Å². The monoisotopic (exact) mass is 315 g/mol. The standard InChI is InChI=1S/C18H18ClNO2/c1-13(15-6-8-16(19)9-7-15)20-18(21)12-5-14-3-10-17(22-2)11-4-14/h3-13H,1-2H3,(H,20,21). The van der Waals surface area contributed by atoms with Crippen LogP contribution >= 0.6 is 11.6 Å². The molecule has 22 heavy (non-hydrogen) atoms. The average Bonchev–Trinajstić information content (AvgIpc) is 2.54. The fraction of sp³-hybridized carbons (Fsp3) is 0.167. The second-order valence-electron chi connectivity index (χ2n) is 4.89. The number of hydrogen-bond acceptors (Lipinski definition) is 2. The molecule has 4 heteroatoms. The first-order valence-corrected chi connectivity index (χ1v) is 7.34. The predicted octanol–water partition coefficient (Wildman–Crippen LogP) is 4.24. The lowest BCUT2D eigenvalue weighted by Gasteiger charge is -2.12. The van der Waals surface area contributed by atoms with Crippen molar-refractivity contribution in [1.29, 1.82) is 0 Å². The first-order chi connectivity index (χ1) is 10.6. The zero-order valence-corrected chi connectivity index (χ0v) is 13.3. The topological polar surface area (TPSA) is 38.3 Å². The normalized spacial score (nSPS) is 12.1. The Bertz CT molecular complexity index is 648. The molecule has 114 valence electrons. The lowest BCUT2D eigenvalue weighted by atomic mass is 10.1. The van der Waals surface area contributed by atoms with Gasteiger partial charge in [0.25, 0.3) is 0 Å². The summed E-state index contributed by atoms with van der Waals surface area (Å²) in [6.45, 7) is 1.93. The zero-order chi connectivity index (χ0) is 15.9. The molecule has 1 atom stereocenters. The van der Waals surface area contributed by atoms with Gasteiger partial charge in [-0.25, -0.2) is 0 Å². The van der Waals surface area contributed by atoms with E-state index < -0.39 is 0 Å². The van der Waals surface area contributed by atoms with Crippen molar-refractivity contribution in [3.63, 3.8) is 0 Å². The Morgan fingerprint density at radius 3 is 2.36 bits per heavy atom. The molecule has 2 aromatic rings. The average molecular weight is 316 g/mol. The van der Waals surface area contributed by atoms with Crippen molar-refractivity contribution >= 4 is 23.6 Å². The summed E-state index contributed by atoms with van der Waals surface area (Å²) >= 11 is 5.85. The second-order valence-corrected chi connectivity index (χ2v) is 5.32. The minimum Gasteiger partial charge on any atom is -0.497 e. The van der Waals surface area contributed by atoms with Crippen molar-refractivity contribution in [2.75, 3.05) is 7.11 Å². The zero-order valence-electron chi connectivity index (χ0n) is 12.5. The number of ether oxygens (including phenoxy) is 1. The van der Waals surface area contributed by atoms with Gasteiger partial charge in [-0.2, -0.15) is 0 Å². The van der Waals surface area contributed by atoms with E-state index in [4.69, 9.17) is 16.3 Å². The first kappa shape index (κ1) is 16.1. The quantitative estimate of drug-likeness (QED) is 0.838. The van der Waals surface area contributed by atoms with Crippen LogP contribution in [0.4, 0.5) is 0 Å². The summed E-state index contributed by atoms with van der Waals surface area (Å²) in [5, 5.41) is 3.60. The summed E-state index contributed by atoms with van der Waals surface area (Å²) in [5.41, 5.74) is 1.95. The Morgan fingerprint density at radius 1 is 1.14 bits per heavy atom. The molecule has 0 spiro atoms. The molecule has 0 heterocycles. The fourth-order valence-corrected chi connectivity index (χ4v) is 2.11. The van der Waals surface area contributed by atoms with E-state index in [2.05, 4.69) is 5.32 Å². The molecule has 3 nitrogen and oxygen atoms in total. The molecule has 0 fully saturated rings. The number of rotatable bonds is 5. The smallest absolute Gasteiger partial charge is 0.244 e. The molecule has 0 radical (unpaired) electrons. The maximum absolute atomic E-state index is 11.9. The predicted molar refractivity (Wildman–Crippen MR) is 90.0 cm³/mol. The lowest BCUT2D eigenvalue weighted by molar-refractivity contribution is -0.117. The van der Waals surface area contributed by atoms with Gasteiger partial charge < -0.3 is 10.1 Å². The largest absolute Gasteiger partial charge is 0.497 e. The summed E-state index contributed by atoms with van der Waals surface area (Å²) in [6, 6.07) is 14.9. The van der Waals surface area contributed by atoms with Crippen molar-refractivity contribution in [3.8, 4) is 5.75 Å². The number of nitrogens with one attached hydrogen (secondary N) is 1. The molecule has 0 saturated heterocycles. The van der Waals surface area contributed by atoms with E-state index in [9.17, 15) is 4.79 Å². The molecular weight excluding hydrogens is 298 g/mol. The molecule has 0 saturated carbocycles. The van der Waals surface area contributed by atoms with E-state index in [-0.39, 0.29) is 11.9 Å². The van der Waals surface area contributed by atoms with Gasteiger partial charge in [-0.05, 0) is 48.4 Å². The molecule has 1 amide bonds. The van der Waals surface area contributed by atoms with Crippen LogP contribution in [0.2, 0.25) is 5.02 Å². The molecule has 1 unspecified atom stereocenters. The molecular formula is C18H18ClNO2. The van der Waals surface area contributed by atoms with Crippen LogP contribution in [0.15, 0.2) is 54.6 Å². The highest BCUT2D eigenvalue weighted by Gasteiger charge is 2.07. The van der Waals surface area contributed by atoms with Gasteiger partial charge in [0.2, 0.25) is 5.91 Å². The van der Waals surface area contributed by atoms with Gasteiger partial charge in [-0.3, -0.25) is 4.79 Å². The van der Waals surface area contributed by atoms with E-state index in [0.717, 1.165) is 16.9 Å². The number of carbonyl (C=O) groups excluding carboxylic acids is 1. The maximum Gasteiger partial charge on any atom is 0.244 e. The third-order valence-corrected chi connectivity index (χ3v) is 3.52. The van der Waals surface area contributed by atoms with Crippen LogP contribution in [-0.2, 0) is 4.79 Å². The first-order valence-electron chi connectivity index (χ1n) is 6.96. The Kier molecular flexibility index (Phi) is 5.61. The Balaban J connectivity index is 1.93. The second kappa shape index (κ2) is 7.66. The van der Waals surface area contributed by atoms with Crippen LogP contribution < -0.4 is 10.1 Å². The molecule has 0 aliphatic carbocycles. The maximum atomic E-state index is 11.9. The van der Waals surface area contributed by atoms with Gasteiger partial charge in [-0.1, -0.05) is 35.9 Å². The summed E-state index contributed by atoms with van der Waals surface area (Å²) in [4.78, 5) is 11.9. The third kappa shape index (κ3) is 4.64. The van der Waals surface area contributed by atoms with Crippen molar-refractivity contribution in [2.45, 2.75) is 13.0 Å². The van der Waals surface area contributed by atoms with Crippen LogP contribution in [0.3, 0.4) is 0 Å². The third-order valence-electron chi connectivity index (χ3n) is 3.27. The molecule has 1 N–H and O–H groups in total. The molecule has 0 aliphatic heterocycles. The van der Waals surface area contributed by atoms with Crippen LogP contribution in [0.1, 0.15) is 24.1 Å². The summed E-state index contributed by atoms with van der Waals surface area (Å²) < 4.78 is 5.09. The van der Waals surface area contributed by atoms with Gasteiger partial charge >= 0.3 is 0 Å². The molecule has 2 aromatic carbocycles. The highest BCUT2D eigenvalue weighted by molar-refractivity contribution is 6.30. The number of halogens is 1. The minimum atomic E-state index is -0.140. The van der Waals surface area contributed by atoms with E-state index >= 15 is 0 Å². The van der Waals surface area contributed by atoms with Crippen LogP contribution in [0.5, 0.6) is 5.75 Å². The van der Waals surface area contributed by atoms with E-state index in [1.807, 2.05) is 55.5 Å². The summed E-state index contributed by atoms with van der Waals surface area (Å²) in [6.07, 6.45) is 3.29. The van der Waals surface area contributed by atoms with Crippen molar-refractivity contribution in [3.05, 3.63) is 70.8 Å². The minimum absolute atomic E-state index is 0.0784. The number of methoxy groups -OCH3 is 1. The van der Waals surface area contributed by atoms with Crippen LogP contribution in [0.25, 0.3) is 6.08 Å². The van der Waals surface area contributed by atoms with Crippen molar-refractivity contribution in [2.24, 2.45) is 0 Å². The lowest BCUT2D eigenvalue weighted by Crippen LogP contribution is -2.24. The van der Waals surface area contributed by atoms with Gasteiger partial charge in [0.15, 0.2) is 0 Å². The van der Waals surface area contributed by atoms with Gasteiger partial charge in [-0.15, -0.1) is 0 Å². The molecule has 2 rings (SSSR count). The summed E-state index contributed by atoms with van der Waals surface area (Å²) in [7, 11) is 1.62. The number of amides is 1. The fourth-order valence-electron chi connectivity index (χ4n) is 1.98. The Morgan fingerprint density at radius 2 is 1.77 bits per heavy atom. The highest BCUT2D eigenvalue weighted by atomic mass is 35.5. The number of carbonyl (C=O) groups is 1. The number of benzene rings is 2. The molecule has 0 aromatic heterocycles. The van der Waals surface area contributed by atoms with E-state index in [0.29, 0.717) is 5.02 Å². The SMILES string of the molecule is COc1ccc(C=CC(=O)NC(C)c2ccc(Cl)cc2)cc1.